The molecule has 2 fully saturated rings. The average molecular weight is 379 g/mol. The molecule has 0 saturated carbocycles. The van der Waals surface area contributed by atoms with E-state index in [4.69, 9.17) is 9.47 Å². The van der Waals surface area contributed by atoms with E-state index < -0.39 is 0 Å². The zero-order chi connectivity index (χ0) is 18.2. The van der Waals surface area contributed by atoms with Crippen molar-refractivity contribution in [2.75, 3.05) is 58.5 Å². The normalized spacial score (nSPS) is 24.5. The Labute approximate surface area is 160 Å². The van der Waals surface area contributed by atoms with Gasteiger partial charge in [0.05, 0.1) is 20.3 Å². The first-order valence-electron chi connectivity index (χ1n) is 9.24. The topological polar surface area (TPSA) is 58.1 Å². The third-order valence-corrected chi connectivity index (χ3v) is 6.40. The summed E-state index contributed by atoms with van der Waals surface area (Å²) in [5, 5.41) is 6.97. The number of aliphatic imine (C=N–C) groups is 1. The van der Waals surface area contributed by atoms with Crippen LogP contribution >= 0.6 is 11.8 Å². The molecule has 1 unspecified atom stereocenters. The smallest absolute Gasteiger partial charge is 0.191 e. The largest absolute Gasteiger partial charge is 0.497 e. The molecule has 1 aromatic rings. The van der Waals surface area contributed by atoms with Crippen LogP contribution in [0.25, 0.3) is 0 Å². The Morgan fingerprint density at radius 1 is 1.35 bits per heavy atom. The lowest BCUT2D eigenvalue weighted by Crippen LogP contribution is -2.60. The molecule has 1 atom stereocenters. The van der Waals surface area contributed by atoms with Crippen LogP contribution in [0.4, 0.5) is 0 Å². The van der Waals surface area contributed by atoms with Crippen LogP contribution in [0.5, 0.6) is 5.75 Å². The molecule has 2 aliphatic rings. The summed E-state index contributed by atoms with van der Waals surface area (Å²) in [5.41, 5.74) is 1.38. The van der Waals surface area contributed by atoms with Crippen LogP contribution in [0, 0.1) is 0 Å². The highest BCUT2D eigenvalue weighted by Gasteiger charge is 2.40. The second-order valence-electron chi connectivity index (χ2n) is 6.76. The van der Waals surface area contributed by atoms with Gasteiger partial charge in [0.1, 0.15) is 5.75 Å². The summed E-state index contributed by atoms with van der Waals surface area (Å²) < 4.78 is 10.8. The number of nitrogens with zero attached hydrogens (tertiary/aromatic N) is 2. The summed E-state index contributed by atoms with van der Waals surface area (Å²) in [6.45, 7) is 5.37. The molecule has 2 N–H and O–H groups in total. The van der Waals surface area contributed by atoms with E-state index in [2.05, 4.69) is 38.4 Å². The van der Waals surface area contributed by atoms with Gasteiger partial charge in [0.25, 0.3) is 0 Å². The van der Waals surface area contributed by atoms with Crippen molar-refractivity contribution in [1.82, 2.24) is 15.5 Å². The fourth-order valence-electron chi connectivity index (χ4n) is 3.57. The van der Waals surface area contributed by atoms with Crippen LogP contribution in [0.15, 0.2) is 29.3 Å². The van der Waals surface area contributed by atoms with Gasteiger partial charge in [-0.25, -0.2) is 0 Å². The number of ether oxygens (including phenoxy) is 2. The fraction of sp³-hybridized carbons (Fsp3) is 0.632. The van der Waals surface area contributed by atoms with E-state index in [0.717, 1.165) is 51.1 Å². The molecule has 0 bridgehead atoms. The molecule has 0 amide bonds. The van der Waals surface area contributed by atoms with Crippen LogP contribution in [0.3, 0.4) is 0 Å². The Morgan fingerprint density at radius 2 is 2.19 bits per heavy atom. The molecule has 144 valence electrons. The van der Waals surface area contributed by atoms with Crippen molar-refractivity contribution in [2.24, 2.45) is 4.99 Å². The lowest BCUT2D eigenvalue weighted by molar-refractivity contribution is -0.0120. The van der Waals surface area contributed by atoms with E-state index in [0.29, 0.717) is 0 Å². The molecule has 0 aromatic heterocycles. The van der Waals surface area contributed by atoms with E-state index in [1.54, 1.807) is 7.11 Å². The lowest BCUT2D eigenvalue weighted by atomic mass is 9.95. The first-order chi connectivity index (χ1) is 12.8. The summed E-state index contributed by atoms with van der Waals surface area (Å²) in [7, 11) is 3.52. The molecule has 2 saturated heterocycles. The number of rotatable bonds is 6. The number of guanidine groups is 1. The van der Waals surface area contributed by atoms with Gasteiger partial charge >= 0.3 is 0 Å². The van der Waals surface area contributed by atoms with Gasteiger partial charge in [-0.15, -0.1) is 0 Å². The second-order valence-corrected chi connectivity index (χ2v) is 7.86. The Kier molecular flexibility index (Phi) is 7.05. The Morgan fingerprint density at radius 3 is 2.88 bits per heavy atom. The summed E-state index contributed by atoms with van der Waals surface area (Å²) in [6.07, 6.45) is 1.22. The third kappa shape index (κ3) is 4.84. The number of hydrogen-bond acceptors (Lipinski definition) is 5. The Balaban J connectivity index is 1.55. The van der Waals surface area contributed by atoms with Crippen molar-refractivity contribution in [2.45, 2.75) is 18.5 Å². The van der Waals surface area contributed by atoms with Gasteiger partial charge in [-0.3, -0.25) is 9.89 Å². The first-order valence-corrected chi connectivity index (χ1v) is 10.4. The zero-order valence-electron chi connectivity index (χ0n) is 15.8. The molecule has 7 heteroatoms. The number of morpholine rings is 1. The number of benzene rings is 1. The molecule has 6 nitrogen and oxygen atoms in total. The van der Waals surface area contributed by atoms with Gasteiger partial charge in [0.15, 0.2) is 5.96 Å². The van der Waals surface area contributed by atoms with Gasteiger partial charge in [0.2, 0.25) is 0 Å². The molecule has 0 radical (unpaired) electrons. The van der Waals surface area contributed by atoms with Crippen LogP contribution in [0.2, 0.25) is 0 Å². The maximum atomic E-state index is 5.54. The molecule has 2 heterocycles. The SMILES string of the molecule is CN=C(NCc1cccc(OC)c1)NCC1(N2CCOCC2)CCSC1. The number of hydrogen-bond donors (Lipinski definition) is 2. The van der Waals surface area contributed by atoms with E-state index in [1.165, 1.54) is 23.5 Å². The quantitative estimate of drug-likeness (QED) is 0.579. The van der Waals surface area contributed by atoms with Crippen molar-refractivity contribution in [1.29, 1.82) is 0 Å². The standard InChI is InChI=1S/C19H30N4O2S/c1-20-18(21-13-16-4-3-5-17(12-16)24-2)22-14-19(6-11-26-15-19)23-7-9-25-10-8-23/h3-5,12H,6-11,13-15H2,1-2H3,(H2,20,21,22). The zero-order valence-corrected chi connectivity index (χ0v) is 16.6. The predicted molar refractivity (Wildman–Crippen MR) is 108 cm³/mol. The van der Waals surface area contributed by atoms with Crippen LogP contribution < -0.4 is 15.4 Å². The van der Waals surface area contributed by atoms with Crippen molar-refractivity contribution < 1.29 is 9.47 Å². The van der Waals surface area contributed by atoms with E-state index in [-0.39, 0.29) is 5.54 Å². The minimum absolute atomic E-state index is 0.210. The van der Waals surface area contributed by atoms with E-state index in [9.17, 15) is 0 Å². The van der Waals surface area contributed by atoms with Gasteiger partial charge in [-0.2, -0.15) is 11.8 Å². The maximum Gasteiger partial charge on any atom is 0.191 e. The van der Waals surface area contributed by atoms with Gasteiger partial charge in [0, 0.05) is 44.5 Å². The van der Waals surface area contributed by atoms with E-state index >= 15 is 0 Å². The van der Waals surface area contributed by atoms with Crippen molar-refractivity contribution in [3.05, 3.63) is 29.8 Å². The minimum atomic E-state index is 0.210. The van der Waals surface area contributed by atoms with E-state index in [1.807, 2.05) is 25.2 Å². The molecule has 26 heavy (non-hydrogen) atoms. The second kappa shape index (κ2) is 9.48. The average Bonchev–Trinajstić information content (AvgIpc) is 3.19. The molecule has 0 aliphatic carbocycles. The molecule has 3 rings (SSSR count). The Hall–Kier alpha value is -1.44. The summed E-state index contributed by atoms with van der Waals surface area (Å²) >= 11 is 2.05. The highest BCUT2D eigenvalue weighted by atomic mass is 32.2. The number of thioether (sulfide) groups is 1. The minimum Gasteiger partial charge on any atom is -0.497 e. The van der Waals surface area contributed by atoms with Crippen LogP contribution in [0.1, 0.15) is 12.0 Å². The monoisotopic (exact) mass is 378 g/mol. The summed E-state index contributed by atoms with van der Waals surface area (Å²) in [5.74, 6) is 4.13. The first kappa shape index (κ1) is 19.3. The molecular weight excluding hydrogens is 348 g/mol. The number of methoxy groups -OCH3 is 1. The number of nitrogens with one attached hydrogen (secondary N) is 2. The summed E-state index contributed by atoms with van der Waals surface area (Å²) in [6, 6.07) is 8.10. The molecule has 0 spiro atoms. The third-order valence-electron chi connectivity index (χ3n) is 5.17. The van der Waals surface area contributed by atoms with Gasteiger partial charge < -0.3 is 20.1 Å². The van der Waals surface area contributed by atoms with Crippen molar-refractivity contribution in [3.8, 4) is 5.75 Å². The molecule has 1 aromatic carbocycles. The molecule has 2 aliphatic heterocycles. The Bertz CT molecular complexity index is 599. The maximum absolute atomic E-state index is 5.54. The lowest BCUT2D eigenvalue weighted by Gasteiger charge is -2.43. The predicted octanol–water partition coefficient (Wildman–Crippen LogP) is 1.57. The van der Waals surface area contributed by atoms with Crippen LogP contribution in [-0.4, -0.2) is 74.9 Å². The van der Waals surface area contributed by atoms with Crippen LogP contribution in [-0.2, 0) is 11.3 Å². The summed E-state index contributed by atoms with van der Waals surface area (Å²) in [4.78, 5) is 7.01. The van der Waals surface area contributed by atoms with Crippen molar-refractivity contribution in [3.63, 3.8) is 0 Å². The molecular formula is C19H30N4O2S. The fourth-order valence-corrected chi connectivity index (χ4v) is 5.05. The highest BCUT2D eigenvalue weighted by Crippen LogP contribution is 2.33. The van der Waals surface area contributed by atoms with Gasteiger partial charge in [-0.1, -0.05) is 12.1 Å². The highest BCUT2D eigenvalue weighted by molar-refractivity contribution is 7.99. The van der Waals surface area contributed by atoms with Crippen molar-refractivity contribution >= 4 is 17.7 Å². The van der Waals surface area contributed by atoms with Gasteiger partial charge in [-0.05, 0) is 29.9 Å².